The topological polar surface area (TPSA) is 37.3 Å². The first-order valence-electron chi connectivity index (χ1n) is 5.06. The number of hydrogen-bond donors (Lipinski definition) is 1. The smallest absolute Gasteiger partial charge is 0.185 e. The molecule has 0 saturated carbocycles. The van der Waals surface area contributed by atoms with Crippen molar-refractivity contribution in [3.8, 4) is 0 Å². The zero-order valence-corrected chi connectivity index (χ0v) is 11.7. The average molecular weight is 279 g/mol. The molecule has 0 aliphatic rings. The fourth-order valence-corrected chi connectivity index (χ4v) is 3.23. The number of thioether (sulfide) groups is 1. The van der Waals surface area contributed by atoms with Gasteiger partial charge in [-0.3, -0.25) is 4.79 Å². The van der Waals surface area contributed by atoms with Crippen LogP contribution in [0.15, 0.2) is 12.1 Å². The molecule has 90 valence electrons. The number of halogens is 1. The van der Waals surface area contributed by atoms with Crippen molar-refractivity contribution in [1.82, 2.24) is 0 Å². The van der Waals surface area contributed by atoms with Crippen molar-refractivity contribution in [1.29, 1.82) is 0 Å². The van der Waals surface area contributed by atoms with E-state index >= 15 is 0 Å². The van der Waals surface area contributed by atoms with Gasteiger partial charge in [0.25, 0.3) is 0 Å². The fraction of sp³-hybridized carbons (Fsp3) is 0.545. The number of carbonyl (C=O) groups excluding carboxylic acids is 1. The van der Waals surface area contributed by atoms with Crippen LogP contribution in [0.4, 0.5) is 0 Å². The summed E-state index contributed by atoms with van der Waals surface area (Å²) in [4.78, 5) is 12.6. The Labute approximate surface area is 109 Å². The van der Waals surface area contributed by atoms with Gasteiger partial charge in [0.2, 0.25) is 0 Å². The van der Waals surface area contributed by atoms with Crippen molar-refractivity contribution in [3.05, 3.63) is 21.3 Å². The minimum Gasteiger partial charge on any atom is -0.396 e. The fourth-order valence-electron chi connectivity index (χ4n) is 1.08. The van der Waals surface area contributed by atoms with Crippen LogP contribution in [0.5, 0.6) is 0 Å². The van der Waals surface area contributed by atoms with Gasteiger partial charge in [-0.15, -0.1) is 11.3 Å². The molecular formula is C11H15ClO2S2. The molecule has 5 heteroatoms. The Balaban J connectivity index is 2.48. The summed E-state index contributed by atoms with van der Waals surface area (Å²) in [5, 5.41) is 8.81. The predicted molar refractivity (Wildman–Crippen MR) is 71.8 cm³/mol. The van der Waals surface area contributed by atoms with Crippen molar-refractivity contribution in [2.24, 2.45) is 5.92 Å². The molecule has 2 nitrogen and oxygen atoms in total. The summed E-state index contributed by atoms with van der Waals surface area (Å²) in [7, 11) is 0. The van der Waals surface area contributed by atoms with E-state index in [2.05, 4.69) is 0 Å². The van der Waals surface area contributed by atoms with Gasteiger partial charge in [-0.05, 0) is 30.7 Å². The van der Waals surface area contributed by atoms with E-state index in [-0.39, 0.29) is 23.6 Å². The number of rotatable bonds is 6. The molecule has 1 aromatic heterocycles. The molecule has 1 aromatic rings. The number of ketones is 1. The second-order valence-corrected chi connectivity index (χ2v) is 6.82. The molecule has 0 aliphatic heterocycles. The molecule has 0 aliphatic carbocycles. The summed E-state index contributed by atoms with van der Waals surface area (Å²) in [6.07, 6.45) is 0. The van der Waals surface area contributed by atoms with Crippen molar-refractivity contribution in [3.63, 3.8) is 0 Å². The van der Waals surface area contributed by atoms with E-state index in [9.17, 15) is 4.79 Å². The minimum atomic E-state index is -0.0799. The lowest BCUT2D eigenvalue weighted by Gasteiger charge is -2.11. The Bertz CT molecular complexity index is 352. The largest absolute Gasteiger partial charge is 0.396 e. The number of aliphatic hydroxyl groups is 1. The van der Waals surface area contributed by atoms with Crippen LogP contribution in [0.2, 0.25) is 4.34 Å². The zero-order valence-electron chi connectivity index (χ0n) is 9.27. The first-order valence-corrected chi connectivity index (χ1v) is 7.31. The molecule has 0 saturated heterocycles. The van der Waals surface area contributed by atoms with Crippen LogP contribution in [-0.2, 0) is 0 Å². The van der Waals surface area contributed by atoms with Gasteiger partial charge in [-0.2, -0.15) is 11.8 Å². The number of thiophene rings is 1. The highest BCUT2D eigenvalue weighted by atomic mass is 35.5. The SMILES string of the molecule is CC(CO)CSC(C)C(=O)c1ccc(Cl)s1. The molecular weight excluding hydrogens is 264 g/mol. The van der Waals surface area contributed by atoms with Crippen LogP contribution in [0.3, 0.4) is 0 Å². The van der Waals surface area contributed by atoms with Crippen LogP contribution in [0.1, 0.15) is 23.5 Å². The van der Waals surface area contributed by atoms with Gasteiger partial charge in [0, 0.05) is 6.61 Å². The Morgan fingerprint density at radius 2 is 2.25 bits per heavy atom. The second kappa shape index (κ2) is 6.64. The van der Waals surface area contributed by atoms with E-state index in [0.717, 1.165) is 5.75 Å². The highest BCUT2D eigenvalue weighted by Crippen LogP contribution is 2.26. The molecule has 2 unspecified atom stereocenters. The third kappa shape index (κ3) is 4.09. The van der Waals surface area contributed by atoms with Crippen LogP contribution >= 0.6 is 34.7 Å². The van der Waals surface area contributed by atoms with Crippen molar-refractivity contribution in [2.75, 3.05) is 12.4 Å². The molecule has 2 atom stereocenters. The molecule has 0 fully saturated rings. The van der Waals surface area contributed by atoms with Crippen molar-refractivity contribution < 1.29 is 9.90 Å². The highest BCUT2D eigenvalue weighted by molar-refractivity contribution is 8.00. The van der Waals surface area contributed by atoms with Crippen molar-refractivity contribution in [2.45, 2.75) is 19.1 Å². The zero-order chi connectivity index (χ0) is 12.1. The summed E-state index contributed by atoms with van der Waals surface area (Å²) in [6.45, 7) is 4.02. The molecule has 1 rings (SSSR count). The van der Waals surface area contributed by atoms with Crippen LogP contribution in [0.25, 0.3) is 0 Å². The lowest BCUT2D eigenvalue weighted by Crippen LogP contribution is -2.15. The molecule has 0 amide bonds. The molecule has 0 spiro atoms. The van der Waals surface area contributed by atoms with E-state index in [1.54, 1.807) is 23.9 Å². The summed E-state index contributed by atoms with van der Waals surface area (Å²) < 4.78 is 0.643. The molecule has 0 aromatic carbocycles. The summed E-state index contributed by atoms with van der Waals surface area (Å²) in [5.74, 6) is 1.14. The molecule has 1 heterocycles. The van der Waals surface area contributed by atoms with E-state index in [1.807, 2.05) is 13.8 Å². The normalized spacial score (nSPS) is 14.8. The number of hydrogen-bond acceptors (Lipinski definition) is 4. The number of Topliss-reactive ketones (excluding diaryl/α,β-unsaturated/α-hetero) is 1. The van der Waals surface area contributed by atoms with E-state index in [0.29, 0.717) is 9.21 Å². The lowest BCUT2D eigenvalue weighted by atomic mass is 10.2. The van der Waals surface area contributed by atoms with Crippen LogP contribution in [-0.4, -0.2) is 28.5 Å². The summed E-state index contributed by atoms with van der Waals surface area (Å²) in [6, 6.07) is 3.51. The highest BCUT2D eigenvalue weighted by Gasteiger charge is 2.18. The predicted octanol–water partition coefficient (Wildman–Crippen LogP) is 3.33. The van der Waals surface area contributed by atoms with Gasteiger partial charge in [-0.1, -0.05) is 18.5 Å². The van der Waals surface area contributed by atoms with Crippen molar-refractivity contribution >= 4 is 40.5 Å². The number of carbonyl (C=O) groups is 1. The van der Waals surface area contributed by atoms with Crippen LogP contribution in [0, 0.1) is 5.92 Å². The maximum Gasteiger partial charge on any atom is 0.185 e. The maximum absolute atomic E-state index is 11.9. The first-order chi connectivity index (χ1) is 7.54. The third-order valence-corrected chi connectivity index (χ3v) is 4.85. The number of aliphatic hydroxyl groups excluding tert-OH is 1. The average Bonchev–Trinajstić information content (AvgIpc) is 2.71. The Morgan fingerprint density at radius 3 is 2.75 bits per heavy atom. The summed E-state index contributed by atoms with van der Waals surface area (Å²) in [5.41, 5.74) is 0. The Morgan fingerprint density at radius 1 is 1.56 bits per heavy atom. The quantitative estimate of drug-likeness (QED) is 0.811. The standard InChI is InChI=1S/C11H15ClO2S2/c1-7(5-13)6-15-8(2)11(14)9-3-4-10(12)16-9/h3-4,7-8,13H,5-6H2,1-2H3. The second-order valence-electron chi connectivity index (χ2n) is 3.73. The third-order valence-electron chi connectivity index (χ3n) is 2.13. The van der Waals surface area contributed by atoms with Gasteiger partial charge in [-0.25, -0.2) is 0 Å². The maximum atomic E-state index is 11.9. The van der Waals surface area contributed by atoms with Gasteiger partial charge in [0.05, 0.1) is 14.5 Å². The molecule has 0 bridgehead atoms. The monoisotopic (exact) mass is 278 g/mol. The van der Waals surface area contributed by atoms with Gasteiger partial charge >= 0.3 is 0 Å². The Kier molecular flexibility index (Phi) is 5.83. The minimum absolute atomic E-state index is 0.0799. The van der Waals surface area contributed by atoms with Gasteiger partial charge < -0.3 is 5.11 Å². The Hall–Kier alpha value is -0.0300. The summed E-state index contributed by atoms with van der Waals surface area (Å²) >= 11 is 8.68. The lowest BCUT2D eigenvalue weighted by molar-refractivity contribution is 0.0997. The van der Waals surface area contributed by atoms with Crippen LogP contribution < -0.4 is 0 Å². The molecule has 16 heavy (non-hydrogen) atoms. The van der Waals surface area contributed by atoms with Gasteiger partial charge in [0.1, 0.15) is 0 Å². The first kappa shape index (κ1) is 14.0. The van der Waals surface area contributed by atoms with E-state index in [1.165, 1.54) is 11.3 Å². The van der Waals surface area contributed by atoms with E-state index < -0.39 is 0 Å². The van der Waals surface area contributed by atoms with E-state index in [4.69, 9.17) is 16.7 Å². The molecule has 1 N–H and O–H groups in total. The molecule has 0 radical (unpaired) electrons. The van der Waals surface area contributed by atoms with Gasteiger partial charge in [0.15, 0.2) is 5.78 Å².